The van der Waals surface area contributed by atoms with Crippen molar-refractivity contribution in [3.63, 3.8) is 0 Å². The minimum Gasteiger partial charge on any atom is -0.378 e. The highest BCUT2D eigenvalue weighted by atomic mass is 16.5. The lowest BCUT2D eigenvalue weighted by atomic mass is 10.2. The van der Waals surface area contributed by atoms with Gasteiger partial charge in [0, 0.05) is 26.1 Å². The molecule has 0 aliphatic carbocycles. The summed E-state index contributed by atoms with van der Waals surface area (Å²) in [5.74, 6) is 0.901. The second-order valence-electron chi connectivity index (χ2n) is 5.12. The number of amidine groups is 1. The summed E-state index contributed by atoms with van der Waals surface area (Å²) < 4.78 is 5.32. The maximum atomic E-state index is 5.32. The van der Waals surface area contributed by atoms with Crippen LogP contribution in [0.5, 0.6) is 0 Å². The second-order valence-corrected chi connectivity index (χ2v) is 5.12. The third kappa shape index (κ3) is 3.17. The van der Waals surface area contributed by atoms with Crippen molar-refractivity contribution < 1.29 is 4.74 Å². The fourth-order valence-corrected chi connectivity index (χ4v) is 2.35. The van der Waals surface area contributed by atoms with E-state index >= 15 is 0 Å². The first-order chi connectivity index (χ1) is 9.81. The van der Waals surface area contributed by atoms with Crippen LogP contribution >= 0.6 is 0 Å². The van der Waals surface area contributed by atoms with Crippen molar-refractivity contribution in [2.75, 3.05) is 37.9 Å². The summed E-state index contributed by atoms with van der Waals surface area (Å²) in [6.07, 6.45) is 2.80. The molecule has 0 spiro atoms. The van der Waals surface area contributed by atoms with Crippen LogP contribution in [0.2, 0.25) is 0 Å². The van der Waals surface area contributed by atoms with Gasteiger partial charge in [-0.25, -0.2) is 4.99 Å². The Kier molecular flexibility index (Phi) is 3.97. The normalized spacial score (nSPS) is 19.8. The van der Waals surface area contributed by atoms with E-state index in [2.05, 4.69) is 46.2 Å². The SMILES string of the molecule is Cc1cccc(N2CCC(N=CN3CCOCC3)=N2)c1. The van der Waals surface area contributed by atoms with E-state index in [1.165, 1.54) is 5.56 Å². The highest BCUT2D eigenvalue weighted by Gasteiger charge is 2.15. The summed E-state index contributed by atoms with van der Waals surface area (Å²) in [5.41, 5.74) is 2.39. The molecule has 1 fully saturated rings. The van der Waals surface area contributed by atoms with Crippen LogP contribution in [0.15, 0.2) is 34.4 Å². The predicted molar refractivity (Wildman–Crippen MR) is 81.5 cm³/mol. The number of rotatable bonds is 2. The largest absolute Gasteiger partial charge is 0.378 e. The zero-order valence-corrected chi connectivity index (χ0v) is 11.8. The zero-order chi connectivity index (χ0) is 13.8. The molecule has 0 unspecified atom stereocenters. The summed E-state index contributed by atoms with van der Waals surface area (Å²) >= 11 is 0. The first-order valence-corrected chi connectivity index (χ1v) is 7.09. The molecule has 0 saturated carbocycles. The molecule has 106 valence electrons. The minimum atomic E-state index is 0.786. The van der Waals surface area contributed by atoms with Gasteiger partial charge in [0.25, 0.3) is 0 Å². The van der Waals surface area contributed by atoms with Gasteiger partial charge in [0.2, 0.25) is 0 Å². The van der Waals surface area contributed by atoms with Gasteiger partial charge in [-0.2, -0.15) is 5.10 Å². The molecule has 0 radical (unpaired) electrons. The quantitative estimate of drug-likeness (QED) is 0.609. The summed E-state index contributed by atoms with van der Waals surface area (Å²) in [6.45, 7) is 6.40. The Bertz CT molecular complexity index is 520. The summed E-state index contributed by atoms with van der Waals surface area (Å²) in [5, 5.41) is 6.60. The maximum Gasteiger partial charge on any atom is 0.152 e. The number of aryl methyl sites for hydroxylation is 1. The van der Waals surface area contributed by atoms with Crippen molar-refractivity contribution in [1.29, 1.82) is 0 Å². The van der Waals surface area contributed by atoms with Crippen LogP contribution in [0.1, 0.15) is 12.0 Å². The number of benzene rings is 1. The third-order valence-electron chi connectivity index (χ3n) is 3.50. The average Bonchev–Trinajstić information content (AvgIpc) is 2.95. The molecule has 1 aromatic rings. The van der Waals surface area contributed by atoms with Gasteiger partial charge in [-0.1, -0.05) is 12.1 Å². The lowest BCUT2D eigenvalue weighted by molar-refractivity contribution is 0.0701. The molecule has 0 amide bonds. The molecule has 0 aromatic heterocycles. The molecular weight excluding hydrogens is 252 g/mol. The Labute approximate surface area is 119 Å². The highest BCUT2D eigenvalue weighted by Crippen LogP contribution is 2.20. The predicted octanol–water partition coefficient (Wildman–Crippen LogP) is 1.88. The van der Waals surface area contributed by atoms with Crippen molar-refractivity contribution in [1.82, 2.24) is 4.90 Å². The number of aliphatic imine (C=N–C) groups is 1. The molecule has 5 heteroatoms. The molecule has 0 N–H and O–H groups in total. The monoisotopic (exact) mass is 272 g/mol. The first-order valence-electron chi connectivity index (χ1n) is 7.09. The average molecular weight is 272 g/mol. The molecule has 1 aromatic carbocycles. The Morgan fingerprint density at radius 1 is 1.25 bits per heavy atom. The molecule has 20 heavy (non-hydrogen) atoms. The fourth-order valence-electron chi connectivity index (χ4n) is 2.35. The van der Waals surface area contributed by atoms with Crippen LogP contribution in [-0.4, -0.2) is 49.9 Å². The number of hydrogen-bond donors (Lipinski definition) is 0. The van der Waals surface area contributed by atoms with Gasteiger partial charge >= 0.3 is 0 Å². The van der Waals surface area contributed by atoms with Crippen LogP contribution in [0.4, 0.5) is 5.69 Å². The van der Waals surface area contributed by atoms with Crippen LogP contribution in [0, 0.1) is 6.92 Å². The van der Waals surface area contributed by atoms with Gasteiger partial charge < -0.3 is 9.64 Å². The van der Waals surface area contributed by atoms with Crippen molar-refractivity contribution in [2.45, 2.75) is 13.3 Å². The third-order valence-corrected chi connectivity index (χ3v) is 3.50. The van der Waals surface area contributed by atoms with E-state index in [0.29, 0.717) is 0 Å². The van der Waals surface area contributed by atoms with Gasteiger partial charge in [-0.3, -0.25) is 5.01 Å². The smallest absolute Gasteiger partial charge is 0.152 e. The number of hydrazone groups is 1. The minimum absolute atomic E-state index is 0.786. The van der Waals surface area contributed by atoms with Crippen molar-refractivity contribution in [2.24, 2.45) is 10.1 Å². The number of morpholine rings is 1. The number of anilines is 1. The van der Waals surface area contributed by atoms with Crippen molar-refractivity contribution in [3.8, 4) is 0 Å². The lowest BCUT2D eigenvalue weighted by Crippen LogP contribution is -2.35. The fraction of sp³-hybridized carbons (Fsp3) is 0.467. The molecule has 0 atom stereocenters. The topological polar surface area (TPSA) is 40.4 Å². The van der Waals surface area contributed by atoms with E-state index in [1.807, 2.05) is 11.3 Å². The van der Waals surface area contributed by atoms with Gasteiger partial charge in [0.15, 0.2) is 5.84 Å². The lowest BCUT2D eigenvalue weighted by Gasteiger charge is -2.23. The molecule has 2 aliphatic heterocycles. The van der Waals surface area contributed by atoms with Gasteiger partial charge in [-0.15, -0.1) is 0 Å². The molecule has 2 heterocycles. The van der Waals surface area contributed by atoms with E-state index in [1.54, 1.807) is 0 Å². The second kappa shape index (κ2) is 6.05. The molecular formula is C15H20N4O. The van der Waals surface area contributed by atoms with E-state index in [4.69, 9.17) is 4.74 Å². The molecule has 3 rings (SSSR count). The van der Waals surface area contributed by atoms with E-state index < -0.39 is 0 Å². The number of nitrogens with zero attached hydrogens (tertiary/aromatic N) is 4. The first kappa shape index (κ1) is 13.1. The summed E-state index contributed by atoms with van der Waals surface area (Å²) in [4.78, 5) is 6.68. The Morgan fingerprint density at radius 3 is 2.90 bits per heavy atom. The highest BCUT2D eigenvalue weighted by molar-refractivity contribution is 5.91. The zero-order valence-electron chi connectivity index (χ0n) is 11.8. The Morgan fingerprint density at radius 2 is 2.10 bits per heavy atom. The molecule has 2 aliphatic rings. The van der Waals surface area contributed by atoms with Gasteiger partial charge in [-0.05, 0) is 24.6 Å². The van der Waals surface area contributed by atoms with Gasteiger partial charge in [0.05, 0.1) is 25.2 Å². The van der Waals surface area contributed by atoms with Crippen LogP contribution in [-0.2, 0) is 4.74 Å². The van der Waals surface area contributed by atoms with Gasteiger partial charge in [0.1, 0.15) is 0 Å². The van der Waals surface area contributed by atoms with Crippen LogP contribution < -0.4 is 5.01 Å². The van der Waals surface area contributed by atoms with Crippen LogP contribution in [0.3, 0.4) is 0 Å². The van der Waals surface area contributed by atoms with E-state index in [0.717, 1.165) is 50.8 Å². The summed E-state index contributed by atoms with van der Waals surface area (Å²) in [6, 6.07) is 8.40. The number of hydrogen-bond acceptors (Lipinski definition) is 4. The van der Waals surface area contributed by atoms with Crippen LogP contribution in [0.25, 0.3) is 0 Å². The Hall–Kier alpha value is -1.88. The number of ether oxygens (including phenoxy) is 1. The van der Waals surface area contributed by atoms with Crippen molar-refractivity contribution in [3.05, 3.63) is 29.8 Å². The molecule has 0 bridgehead atoms. The van der Waals surface area contributed by atoms with E-state index in [9.17, 15) is 0 Å². The van der Waals surface area contributed by atoms with E-state index in [-0.39, 0.29) is 0 Å². The Balaban J connectivity index is 1.64. The standard InChI is InChI=1S/C15H20N4O/c1-13-3-2-4-14(11-13)19-6-5-15(17-19)16-12-18-7-9-20-10-8-18/h2-4,11-12H,5-10H2,1H3. The summed E-state index contributed by atoms with van der Waals surface area (Å²) in [7, 11) is 0. The maximum absolute atomic E-state index is 5.32. The molecule has 1 saturated heterocycles. The van der Waals surface area contributed by atoms with Crippen molar-refractivity contribution >= 4 is 17.9 Å². The molecule has 5 nitrogen and oxygen atoms in total.